The number of carbonyl (C=O) groups excluding carboxylic acids is 1. The summed E-state index contributed by atoms with van der Waals surface area (Å²) in [7, 11) is 1.63. The molecule has 1 amide bonds. The Labute approximate surface area is 135 Å². The van der Waals surface area contributed by atoms with E-state index in [4.69, 9.17) is 9.47 Å². The Hall–Kier alpha value is -2.05. The molecule has 0 radical (unpaired) electrons. The first-order chi connectivity index (χ1) is 11.3. The van der Waals surface area contributed by atoms with Gasteiger partial charge in [0.25, 0.3) is 5.91 Å². The summed E-state index contributed by atoms with van der Waals surface area (Å²) in [5.74, 6) is 0.719. The normalized spacial score (nSPS) is 15.7. The average molecular weight is 317 g/mol. The molecular formula is C17H23N3O3. The maximum Gasteiger partial charge on any atom is 0.267 e. The van der Waals surface area contributed by atoms with Crippen LogP contribution in [0.3, 0.4) is 0 Å². The monoisotopic (exact) mass is 317 g/mol. The molecule has 6 heteroatoms. The van der Waals surface area contributed by atoms with Gasteiger partial charge in [-0.25, -0.2) is 0 Å². The summed E-state index contributed by atoms with van der Waals surface area (Å²) >= 11 is 0. The zero-order valence-corrected chi connectivity index (χ0v) is 13.4. The lowest BCUT2D eigenvalue weighted by molar-refractivity contribution is 0.0374. The molecule has 1 fully saturated rings. The second-order valence-corrected chi connectivity index (χ2v) is 5.70. The van der Waals surface area contributed by atoms with Gasteiger partial charge in [0.15, 0.2) is 0 Å². The lowest BCUT2D eigenvalue weighted by Crippen LogP contribution is -2.38. The van der Waals surface area contributed by atoms with Crippen LogP contribution in [0.1, 0.15) is 16.9 Å². The van der Waals surface area contributed by atoms with Crippen LogP contribution in [0.25, 0.3) is 10.9 Å². The number of methoxy groups -OCH3 is 1. The standard InChI is InChI=1S/C17H23N3O3/c1-22-14-3-4-15-13(11-14)12-16(19-15)17(21)18-5-2-6-20-7-9-23-10-8-20/h3-4,11-12,19H,2,5-10H2,1H3,(H,18,21). The van der Waals surface area contributed by atoms with Gasteiger partial charge in [0, 0.05) is 30.5 Å². The summed E-state index contributed by atoms with van der Waals surface area (Å²) < 4.78 is 10.5. The Morgan fingerprint density at radius 2 is 2.17 bits per heavy atom. The molecule has 1 aliphatic heterocycles. The maximum absolute atomic E-state index is 12.2. The fourth-order valence-corrected chi connectivity index (χ4v) is 2.78. The smallest absolute Gasteiger partial charge is 0.267 e. The maximum atomic E-state index is 12.2. The van der Waals surface area contributed by atoms with Gasteiger partial charge in [-0.05, 0) is 37.2 Å². The van der Waals surface area contributed by atoms with Gasteiger partial charge in [-0.1, -0.05) is 0 Å². The number of nitrogens with one attached hydrogen (secondary N) is 2. The molecule has 6 nitrogen and oxygen atoms in total. The first-order valence-corrected chi connectivity index (χ1v) is 8.01. The third-order valence-electron chi connectivity index (χ3n) is 4.11. The second-order valence-electron chi connectivity index (χ2n) is 5.70. The highest BCUT2D eigenvalue weighted by molar-refractivity contribution is 5.98. The SMILES string of the molecule is COc1ccc2[nH]c(C(=O)NCCCN3CCOCC3)cc2c1. The largest absolute Gasteiger partial charge is 0.497 e. The number of carbonyl (C=O) groups is 1. The molecule has 23 heavy (non-hydrogen) atoms. The minimum Gasteiger partial charge on any atom is -0.497 e. The number of amides is 1. The van der Waals surface area contributed by atoms with Crippen molar-refractivity contribution in [3.05, 3.63) is 30.0 Å². The van der Waals surface area contributed by atoms with Crippen molar-refractivity contribution in [3.8, 4) is 5.75 Å². The van der Waals surface area contributed by atoms with E-state index in [1.54, 1.807) is 7.11 Å². The van der Waals surface area contributed by atoms with E-state index in [1.165, 1.54) is 0 Å². The Morgan fingerprint density at radius 3 is 2.96 bits per heavy atom. The summed E-state index contributed by atoms with van der Waals surface area (Å²) in [6.07, 6.45) is 0.944. The molecule has 0 unspecified atom stereocenters. The Bertz CT molecular complexity index is 662. The molecule has 1 saturated heterocycles. The molecule has 2 aromatic rings. The number of nitrogens with zero attached hydrogens (tertiary/aromatic N) is 1. The second kappa shape index (κ2) is 7.48. The van der Waals surface area contributed by atoms with Gasteiger partial charge < -0.3 is 19.8 Å². The Balaban J connectivity index is 1.49. The third kappa shape index (κ3) is 4.03. The first-order valence-electron chi connectivity index (χ1n) is 8.01. The van der Waals surface area contributed by atoms with Gasteiger partial charge in [-0.3, -0.25) is 9.69 Å². The van der Waals surface area contributed by atoms with Gasteiger partial charge in [0.2, 0.25) is 0 Å². The predicted octanol–water partition coefficient (Wildman–Crippen LogP) is 1.63. The van der Waals surface area contributed by atoms with E-state index in [2.05, 4.69) is 15.2 Å². The number of morpholine rings is 1. The van der Waals surface area contributed by atoms with E-state index < -0.39 is 0 Å². The number of aromatic nitrogens is 1. The Morgan fingerprint density at radius 1 is 1.35 bits per heavy atom. The molecule has 0 bridgehead atoms. The van der Waals surface area contributed by atoms with Crippen LogP contribution in [-0.4, -0.2) is 62.3 Å². The van der Waals surface area contributed by atoms with Crippen molar-refractivity contribution in [1.82, 2.24) is 15.2 Å². The summed E-state index contributed by atoms with van der Waals surface area (Å²) in [6, 6.07) is 7.57. The molecular weight excluding hydrogens is 294 g/mol. The number of rotatable bonds is 6. The summed E-state index contributed by atoms with van der Waals surface area (Å²) in [6.45, 7) is 5.26. The van der Waals surface area contributed by atoms with E-state index in [1.807, 2.05) is 24.3 Å². The molecule has 0 atom stereocenters. The fourth-order valence-electron chi connectivity index (χ4n) is 2.78. The highest BCUT2D eigenvalue weighted by Crippen LogP contribution is 2.21. The van der Waals surface area contributed by atoms with Crippen LogP contribution in [0, 0.1) is 0 Å². The molecule has 2 heterocycles. The molecule has 3 rings (SSSR count). The highest BCUT2D eigenvalue weighted by atomic mass is 16.5. The van der Waals surface area contributed by atoms with Crippen LogP contribution in [0.5, 0.6) is 5.75 Å². The van der Waals surface area contributed by atoms with E-state index >= 15 is 0 Å². The van der Waals surface area contributed by atoms with E-state index in [0.29, 0.717) is 12.2 Å². The third-order valence-corrected chi connectivity index (χ3v) is 4.11. The number of ether oxygens (including phenoxy) is 2. The van der Waals surface area contributed by atoms with Crippen LogP contribution in [0.4, 0.5) is 0 Å². The molecule has 124 valence electrons. The molecule has 0 saturated carbocycles. The van der Waals surface area contributed by atoms with E-state index in [9.17, 15) is 4.79 Å². The van der Waals surface area contributed by atoms with Crippen LogP contribution in [0.15, 0.2) is 24.3 Å². The van der Waals surface area contributed by atoms with Crippen molar-refractivity contribution >= 4 is 16.8 Å². The number of aromatic amines is 1. The van der Waals surface area contributed by atoms with Gasteiger partial charge in [-0.2, -0.15) is 0 Å². The van der Waals surface area contributed by atoms with Gasteiger partial charge in [0.1, 0.15) is 11.4 Å². The predicted molar refractivity (Wildman–Crippen MR) is 89.1 cm³/mol. The lowest BCUT2D eigenvalue weighted by atomic mass is 10.2. The summed E-state index contributed by atoms with van der Waals surface area (Å²) in [5, 5.41) is 3.94. The quantitative estimate of drug-likeness (QED) is 0.795. The van der Waals surface area contributed by atoms with Crippen molar-refractivity contribution in [2.45, 2.75) is 6.42 Å². The molecule has 1 aliphatic rings. The van der Waals surface area contributed by atoms with E-state index in [0.717, 1.165) is 55.9 Å². The van der Waals surface area contributed by atoms with E-state index in [-0.39, 0.29) is 5.91 Å². The molecule has 2 N–H and O–H groups in total. The average Bonchev–Trinajstić information content (AvgIpc) is 3.02. The van der Waals surface area contributed by atoms with Gasteiger partial charge in [-0.15, -0.1) is 0 Å². The highest BCUT2D eigenvalue weighted by Gasteiger charge is 2.11. The van der Waals surface area contributed by atoms with Gasteiger partial charge >= 0.3 is 0 Å². The van der Waals surface area contributed by atoms with Gasteiger partial charge in [0.05, 0.1) is 20.3 Å². The van der Waals surface area contributed by atoms with Crippen molar-refractivity contribution in [2.75, 3.05) is 46.5 Å². The summed E-state index contributed by atoms with van der Waals surface area (Å²) in [4.78, 5) is 17.7. The minimum atomic E-state index is -0.0675. The molecule has 0 aliphatic carbocycles. The zero-order valence-electron chi connectivity index (χ0n) is 13.4. The molecule has 1 aromatic carbocycles. The zero-order chi connectivity index (χ0) is 16.1. The number of H-pyrrole nitrogens is 1. The summed E-state index contributed by atoms with van der Waals surface area (Å²) in [5.41, 5.74) is 1.52. The topological polar surface area (TPSA) is 66.6 Å². The van der Waals surface area contributed by atoms with Crippen LogP contribution in [0.2, 0.25) is 0 Å². The van der Waals surface area contributed by atoms with Crippen molar-refractivity contribution in [3.63, 3.8) is 0 Å². The van der Waals surface area contributed by atoms with Crippen LogP contribution in [-0.2, 0) is 4.74 Å². The van der Waals surface area contributed by atoms with Crippen LogP contribution < -0.4 is 10.1 Å². The van der Waals surface area contributed by atoms with Crippen molar-refractivity contribution in [2.24, 2.45) is 0 Å². The molecule has 1 aromatic heterocycles. The number of hydrogen-bond acceptors (Lipinski definition) is 4. The van der Waals surface area contributed by atoms with Crippen molar-refractivity contribution < 1.29 is 14.3 Å². The van der Waals surface area contributed by atoms with Crippen molar-refractivity contribution in [1.29, 1.82) is 0 Å². The number of benzene rings is 1. The Kier molecular flexibility index (Phi) is 5.15. The minimum absolute atomic E-state index is 0.0675. The lowest BCUT2D eigenvalue weighted by Gasteiger charge is -2.26. The fraction of sp³-hybridized carbons (Fsp3) is 0.471. The number of hydrogen-bond donors (Lipinski definition) is 2. The van der Waals surface area contributed by atoms with Crippen LogP contribution >= 0.6 is 0 Å². The molecule has 0 spiro atoms. The number of fused-ring (bicyclic) bond motifs is 1. The first kappa shape index (κ1) is 15.8.